The SMILES string of the molecule is C#Cc1c(F)ccc2cc(O)cc(-c3cc4c5c(nc(O[C@@H](C)[C@@H]6CCCN6C)nc5c3F)N(C)C3CCC3O4)c12. The van der Waals surface area contributed by atoms with Crippen LogP contribution in [0.15, 0.2) is 30.3 Å². The topological polar surface area (TPSA) is 71.0 Å². The van der Waals surface area contributed by atoms with Crippen molar-refractivity contribution in [1.82, 2.24) is 14.9 Å². The van der Waals surface area contributed by atoms with Crippen LogP contribution in [0.3, 0.4) is 0 Å². The number of benzene rings is 3. The molecule has 7 rings (SSSR count). The highest BCUT2D eigenvalue weighted by Gasteiger charge is 2.41. The molecule has 0 bridgehead atoms. The molecular formula is C32H30F2N4O3. The average Bonchev–Trinajstić information content (AvgIpc) is 3.34. The fourth-order valence-corrected chi connectivity index (χ4v) is 6.71. The summed E-state index contributed by atoms with van der Waals surface area (Å²) in [7, 11) is 4.01. The molecule has 3 aliphatic rings. The lowest BCUT2D eigenvalue weighted by molar-refractivity contribution is 0.0946. The van der Waals surface area contributed by atoms with Gasteiger partial charge in [-0.1, -0.05) is 12.0 Å². The Balaban J connectivity index is 1.48. The van der Waals surface area contributed by atoms with Crippen LogP contribution in [0.2, 0.25) is 0 Å². The Labute approximate surface area is 236 Å². The first-order valence-corrected chi connectivity index (χ1v) is 14.0. The standard InChI is InChI=1S/C32H30F2N4O3/c1-5-19-22(33)9-8-17-13-18(39)14-20(27(17)19)21-15-26-28-30(29(21)34)35-32(40-16(2)23-7-6-12-37(23)3)36-31(28)38(4)24-10-11-25(24)41-26/h1,8-9,13-16,23-25,39H,6-7,10-12H2,2-4H3/t16-,23-,24?,25?/m0/s1. The van der Waals surface area contributed by atoms with Gasteiger partial charge in [0, 0.05) is 24.0 Å². The quantitative estimate of drug-likeness (QED) is 0.327. The number of nitrogens with zero attached hydrogens (tertiary/aromatic N) is 4. The first kappa shape index (κ1) is 25.8. The monoisotopic (exact) mass is 556 g/mol. The number of hydrogen-bond acceptors (Lipinski definition) is 7. The van der Waals surface area contributed by atoms with E-state index in [0.717, 1.165) is 32.2 Å². The highest BCUT2D eigenvalue weighted by atomic mass is 19.1. The third-order valence-corrected chi connectivity index (χ3v) is 9.02. The summed E-state index contributed by atoms with van der Waals surface area (Å²) in [6.07, 6.45) is 9.23. The third kappa shape index (κ3) is 3.96. The Morgan fingerprint density at radius 3 is 2.63 bits per heavy atom. The number of anilines is 1. The predicted octanol–water partition coefficient (Wildman–Crippen LogP) is 5.64. The van der Waals surface area contributed by atoms with Crippen molar-refractivity contribution in [3.8, 4) is 41.0 Å². The second-order valence-electron chi connectivity index (χ2n) is 11.4. The number of halogens is 2. The summed E-state index contributed by atoms with van der Waals surface area (Å²) in [5, 5.41) is 11.8. The van der Waals surface area contributed by atoms with Crippen LogP contribution in [-0.2, 0) is 0 Å². The molecule has 1 N–H and O–H groups in total. The third-order valence-electron chi connectivity index (χ3n) is 9.02. The van der Waals surface area contributed by atoms with Gasteiger partial charge < -0.3 is 19.5 Å². The van der Waals surface area contributed by atoms with Crippen molar-refractivity contribution >= 4 is 27.5 Å². The fraction of sp³-hybridized carbons (Fsp3) is 0.375. The predicted molar refractivity (Wildman–Crippen MR) is 154 cm³/mol. The molecule has 1 saturated heterocycles. The number of likely N-dealkylation sites (N-methyl/N-ethyl adjacent to an activating group) is 2. The number of aromatic hydroxyl groups is 1. The van der Waals surface area contributed by atoms with E-state index in [1.807, 2.05) is 18.9 Å². The minimum atomic E-state index is -0.659. The van der Waals surface area contributed by atoms with Gasteiger partial charge in [-0.05, 0) is 81.4 Å². The number of rotatable bonds is 4. The molecule has 4 aromatic rings. The minimum absolute atomic E-state index is 0.00974. The molecule has 2 aliphatic heterocycles. The smallest absolute Gasteiger partial charge is 0.319 e. The first-order valence-electron chi connectivity index (χ1n) is 14.0. The molecule has 1 aliphatic carbocycles. The van der Waals surface area contributed by atoms with Gasteiger partial charge in [0.15, 0.2) is 5.82 Å². The lowest BCUT2D eigenvalue weighted by atomic mass is 9.88. The van der Waals surface area contributed by atoms with E-state index in [2.05, 4.69) is 22.9 Å². The number of fused-ring (bicyclic) bond motifs is 2. The lowest BCUT2D eigenvalue weighted by Gasteiger charge is -2.40. The fourth-order valence-electron chi connectivity index (χ4n) is 6.71. The summed E-state index contributed by atoms with van der Waals surface area (Å²) in [5.41, 5.74) is 0.366. The second-order valence-corrected chi connectivity index (χ2v) is 11.4. The van der Waals surface area contributed by atoms with Crippen LogP contribution in [-0.4, -0.2) is 64.9 Å². The molecule has 0 radical (unpaired) electrons. The maximum absolute atomic E-state index is 16.8. The molecule has 0 amide bonds. The van der Waals surface area contributed by atoms with Crippen molar-refractivity contribution in [2.45, 2.75) is 56.9 Å². The van der Waals surface area contributed by atoms with Crippen molar-refractivity contribution in [2.24, 2.45) is 0 Å². The number of phenolic OH excluding ortho intramolecular Hbond substituents is 1. The van der Waals surface area contributed by atoms with E-state index in [1.165, 1.54) is 24.3 Å². The number of ether oxygens (including phenoxy) is 2. The largest absolute Gasteiger partial charge is 0.508 e. The van der Waals surface area contributed by atoms with Crippen LogP contribution in [0.25, 0.3) is 32.8 Å². The summed E-state index contributed by atoms with van der Waals surface area (Å²) in [4.78, 5) is 13.7. The van der Waals surface area contributed by atoms with Crippen LogP contribution < -0.4 is 14.4 Å². The highest BCUT2D eigenvalue weighted by molar-refractivity contribution is 6.05. The van der Waals surface area contributed by atoms with Crippen LogP contribution in [0, 0.1) is 24.0 Å². The van der Waals surface area contributed by atoms with E-state index in [4.69, 9.17) is 20.9 Å². The Hall–Kier alpha value is -4.16. The number of terminal acetylenes is 1. The van der Waals surface area contributed by atoms with Crippen LogP contribution in [0.4, 0.5) is 14.6 Å². The maximum atomic E-state index is 16.8. The summed E-state index contributed by atoms with van der Waals surface area (Å²) in [6, 6.07) is 7.58. The van der Waals surface area contributed by atoms with Crippen molar-refractivity contribution in [2.75, 3.05) is 25.5 Å². The Kier molecular flexibility index (Phi) is 5.94. The van der Waals surface area contributed by atoms with Gasteiger partial charge in [0.2, 0.25) is 0 Å². The molecule has 2 unspecified atom stereocenters. The second kappa shape index (κ2) is 9.45. The minimum Gasteiger partial charge on any atom is -0.508 e. The van der Waals surface area contributed by atoms with Crippen LogP contribution in [0.1, 0.15) is 38.2 Å². The molecule has 9 heteroatoms. The molecule has 210 valence electrons. The molecule has 1 saturated carbocycles. The van der Waals surface area contributed by atoms with Crippen molar-refractivity contribution in [1.29, 1.82) is 0 Å². The van der Waals surface area contributed by atoms with E-state index < -0.39 is 11.6 Å². The van der Waals surface area contributed by atoms with Gasteiger partial charge in [-0.25, -0.2) is 8.78 Å². The average molecular weight is 557 g/mol. The Morgan fingerprint density at radius 2 is 1.93 bits per heavy atom. The van der Waals surface area contributed by atoms with Gasteiger partial charge in [0.25, 0.3) is 0 Å². The molecule has 2 fully saturated rings. The van der Waals surface area contributed by atoms with Crippen molar-refractivity contribution in [3.05, 3.63) is 47.5 Å². The zero-order valence-electron chi connectivity index (χ0n) is 23.1. The van der Waals surface area contributed by atoms with E-state index in [0.29, 0.717) is 27.7 Å². The number of aromatic nitrogens is 2. The van der Waals surface area contributed by atoms with Gasteiger partial charge in [-0.15, -0.1) is 6.42 Å². The molecule has 41 heavy (non-hydrogen) atoms. The molecule has 3 aromatic carbocycles. The summed E-state index contributed by atoms with van der Waals surface area (Å²) in [5.74, 6) is 2.01. The lowest BCUT2D eigenvalue weighted by Crippen LogP contribution is -2.51. The van der Waals surface area contributed by atoms with E-state index in [-0.39, 0.29) is 58.3 Å². The molecule has 3 heterocycles. The highest BCUT2D eigenvalue weighted by Crippen LogP contribution is 2.47. The normalized spacial score (nSPS) is 22.5. The zero-order chi connectivity index (χ0) is 28.6. The van der Waals surface area contributed by atoms with Gasteiger partial charge in [-0.3, -0.25) is 4.90 Å². The van der Waals surface area contributed by atoms with E-state index in [9.17, 15) is 9.50 Å². The van der Waals surface area contributed by atoms with Crippen LogP contribution >= 0.6 is 0 Å². The Morgan fingerprint density at radius 1 is 1.10 bits per heavy atom. The van der Waals surface area contributed by atoms with E-state index in [1.54, 1.807) is 6.07 Å². The van der Waals surface area contributed by atoms with Gasteiger partial charge in [0.1, 0.15) is 40.9 Å². The van der Waals surface area contributed by atoms with Gasteiger partial charge in [-0.2, -0.15) is 9.97 Å². The van der Waals surface area contributed by atoms with E-state index >= 15 is 4.39 Å². The first-order chi connectivity index (χ1) is 19.7. The summed E-state index contributed by atoms with van der Waals surface area (Å²) in [6.45, 7) is 2.98. The molecule has 7 nitrogen and oxygen atoms in total. The van der Waals surface area contributed by atoms with Gasteiger partial charge >= 0.3 is 6.01 Å². The summed E-state index contributed by atoms with van der Waals surface area (Å²) >= 11 is 0. The molecular weight excluding hydrogens is 526 g/mol. The van der Waals surface area contributed by atoms with Gasteiger partial charge in [0.05, 0.1) is 17.0 Å². The number of likely N-dealkylation sites (tertiary alicyclic amines) is 1. The zero-order valence-corrected chi connectivity index (χ0v) is 23.1. The van der Waals surface area contributed by atoms with Crippen LogP contribution in [0.5, 0.6) is 17.5 Å². The number of phenols is 1. The molecule has 1 aromatic heterocycles. The number of hydrogen-bond donors (Lipinski definition) is 1. The molecule has 4 atom stereocenters. The summed E-state index contributed by atoms with van der Waals surface area (Å²) < 4.78 is 44.3. The molecule has 0 spiro atoms. The maximum Gasteiger partial charge on any atom is 0.319 e. The Bertz CT molecular complexity index is 1770. The van der Waals surface area contributed by atoms with Crippen molar-refractivity contribution in [3.63, 3.8) is 0 Å². The van der Waals surface area contributed by atoms with Crippen molar-refractivity contribution < 1.29 is 23.4 Å².